The van der Waals surface area contributed by atoms with E-state index in [0.29, 0.717) is 0 Å². The summed E-state index contributed by atoms with van der Waals surface area (Å²) >= 11 is 0. The maximum Gasteiger partial charge on any atom is 0.00850 e. The highest BCUT2D eigenvalue weighted by Gasteiger charge is 1.68. The molecule has 0 rings (SSSR count). The number of hydrogen-bond acceptors (Lipinski definition) is 2. The van der Waals surface area contributed by atoms with Crippen molar-refractivity contribution < 1.29 is 0 Å². The van der Waals surface area contributed by atoms with Crippen molar-refractivity contribution in [3.63, 3.8) is 0 Å². The molecule has 0 heterocycles. The summed E-state index contributed by atoms with van der Waals surface area (Å²) in [6.07, 6.45) is 6.36. The fourth-order valence-electron chi connectivity index (χ4n) is 0.392. The van der Waals surface area contributed by atoms with Crippen LogP contribution in [0, 0.1) is 0 Å². The largest absolute Gasteiger partial charge is 0.329 e. The minimum Gasteiger partial charge on any atom is -0.329 e. The molecule has 0 saturated carbocycles. The van der Waals surface area contributed by atoms with Crippen LogP contribution in [0.5, 0.6) is 0 Å². The zero-order valence-electron chi connectivity index (χ0n) is 5.57. The maximum absolute atomic E-state index is 2.85. The Labute approximate surface area is 50.9 Å². The highest BCUT2D eigenvalue weighted by atomic mass is 15.3. The summed E-state index contributed by atoms with van der Waals surface area (Å²) in [5.74, 6) is 0. The molecule has 2 nitrogen and oxygen atoms in total. The van der Waals surface area contributed by atoms with Gasteiger partial charge in [-0.3, -0.25) is 0 Å². The molecule has 0 aliphatic heterocycles. The van der Waals surface area contributed by atoms with Crippen molar-refractivity contribution >= 4 is 0 Å². The van der Waals surface area contributed by atoms with Crippen LogP contribution in [-0.4, -0.2) is 7.05 Å². The second kappa shape index (κ2) is 6.50. The fourth-order valence-corrected chi connectivity index (χ4v) is 0.392. The molecule has 0 radical (unpaired) electrons. The number of hydrazine groups is 1. The number of hydrogen-bond donors (Lipinski definition) is 2. The lowest BCUT2D eigenvalue weighted by Crippen LogP contribution is -2.20. The second-order valence-electron chi connectivity index (χ2n) is 1.59. The van der Waals surface area contributed by atoms with Crippen LogP contribution in [0.15, 0.2) is 12.3 Å². The minimum absolute atomic E-state index is 1.15. The molecule has 2 N–H and O–H groups in total. The van der Waals surface area contributed by atoms with Gasteiger partial charge in [-0.25, -0.2) is 5.43 Å². The van der Waals surface area contributed by atoms with Gasteiger partial charge in [-0.1, -0.05) is 19.4 Å². The number of nitrogens with one attached hydrogen (secondary N) is 2. The number of allylic oxidation sites excluding steroid dienone is 1. The van der Waals surface area contributed by atoms with E-state index in [1.807, 2.05) is 13.2 Å². The zero-order chi connectivity index (χ0) is 6.24. The maximum atomic E-state index is 2.85. The molecule has 0 bridgehead atoms. The van der Waals surface area contributed by atoms with Gasteiger partial charge in [0.1, 0.15) is 0 Å². The Bertz CT molecular complexity index is 51.5. The predicted octanol–water partition coefficient (Wildman–Crippen LogP) is 1.02. The van der Waals surface area contributed by atoms with Gasteiger partial charge in [-0.2, -0.15) is 0 Å². The first kappa shape index (κ1) is 7.50. The molecule has 0 aromatic carbocycles. The lowest BCUT2D eigenvalue weighted by Gasteiger charge is -1.91. The molecule has 0 aliphatic carbocycles. The quantitative estimate of drug-likeness (QED) is 0.533. The van der Waals surface area contributed by atoms with E-state index in [0.717, 1.165) is 6.42 Å². The summed E-state index contributed by atoms with van der Waals surface area (Å²) in [6.45, 7) is 2.16. The third-order valence-corrected chi connectivity index (χ3v) is 0.801. The van der Waals surface area contributed by atoms with Crippen LogP contribution in [0.25, 0.3) is 0 Å². The summed E-state index contributed by atoms with van der Waals surface area (Å²) < 4.78 is 0. The molecule has 2 heteroatoms. The molecule has 48 valence electrons. The standard InChI is InChI=1S/C6H14N2/c1-3-4-5-6-8-7-2/h5-8H,3-4H2,1-2H3/b6-5+. The Balaban J connectivity index is 2.83. The van der Waals surface area contributed by atoms with Crippen molar-refractivity contribution in [3.05, 3.63) is 12.3 Å². The average Bonchev–Trinajstić information content (AvgIpc) is 1.81. The topological polar surface area (TPSA) is 24.1 Å². The van der Waals surface area contributed by atoms with Crippen molar-refractivity contribution in [2.24, 2.45) is 0 Å². The summed E-state index contributed by atoms with van der Waals surface area (Å²) in [7, 11) is 1.84. The summed E-state index contributed by atoms with van der Waals surface area (Å²) in [5.41, 5.74) is 5.64. The molecule has 0 amide bonds. The van der Waals surface area contributed by atoms with E-state index in [4.69, 9.17) is 0 Å². The minimum atomic E-state index is 1.15. The third-order valence-electron chi connectivity index (χ3n) is 0.801. The van der Waals surface area contributed by atoms with Gasteiger partial charge in [0, 0.05) is 13.2 Å². The molecule has 0 unspecified atom stereocenters. The molecule has 0 aromatic heterocycles. The van der Waals surface area contributed by atoms with Crippen LogP contribution in [0.1, 0.15) is 19.8 Å². The molecule has 0 saturated heterocycles. The third kappa shape index (κ3) is 5.50. The first-order valence-electron chi connectivity index (χ1n) is 2.99. The monoisotopic (exact) mass is 114 g/mol. The zero-order valence-corrected chi connectivity index (χ0v) is 5.57. The van der Waals surface area contributed by atoms with E-state index in [1.54, 1.807) is 0 Å². The number of rotatable bonds is 4. The SMILES string of the molecule is CCC/C=C/NNC. The Hall–Kier alpha value is -0.500. The normalized spacial score (nSPS) is 10.2. The van der Waals surface area contributed by atoms with Gasteiger partial charge in [0.2, 0.25) is 0 Å². The van der Waals surface area contributed by atoms with E-state index in [-0.39, 0.29) is 0 Å². The second-order valence-corrected chi connectivity index (χ2v) is 1.59. The molecular weight excluding hydrogens is 100 g/mol. The van der Waals surface area contributed by atoms with Crippen molar-refractivity contribution in [2.75, 3.05) is 7.05 Å². The molecule has 8 heavy (non-hydrogen) atoms. The van der Waals surface area contributed by atoms with E-state index in [2.05, 4.69) is 23.9 Å². The van der Waals surface area contributed by atoms with E-state index < -0.39 is 0 Å². The molecule has 0 aliphatic rings. The van der Waals surface area contributed by atoms with Gasteiger partial charge in [0.25, 0.3) is 0 Å². The Kier molecular flexibility index (Phi) is 6.09. The van der Waals surface area contributed by atoms with Gasteiger partial charge in [0.15, 0.2) is 0 Å². The fraction of sp³-hybridized carbons (Fsp3) is 0.667. The summed E-state index contributed by atoms with van der Waals surface area (Å²) in [6, 6.07) is 0. The van der Waals surface area contributed by atoms with E-state index in [1.165, 1.54) is 6.42 Å². The molecule has 0 aromatic rings. The van der Waals surface area contributed by atoms with Gasteiger partial charge < -0.3 is 5.43 Å². The Morgan fingerprint density at radius 2 is 2.25 bits per heavy atom. The summed E-state index contributed by atoms with van der Waals surface area (Å²) in [5, 5.41) is 0. The van der Waals surface area contributed by atoms with E-state index in [9.17, 15) is 0 Å². The van der Waals surface area contributed by atoms with Crippen LogP contribution < -0.4 is 10.9 Å². The van der Waals surface area contributed by atoms with Gasteiger partial charge >= 0.3 is 0 Å². The molecular formula is C6H14N2. The first-order valence-corrected chi connectivity index (χ1v) is 2.99. The smallest absolute Gasteiger partial charge is 0.00850 e. The predicted molar refractivity (Wildman–Crippen MR) is 36.2 cm³/mol. The highest BCUT2D eigenvalue weighted by Crippen LogP contribution is 1.84. The first-order chi connectivity index (χ1) is 3.91. The van der Waals surface area contributed by atoms with Gasteiger partial charge in [0.05, 0.1) is 0 Å². The molecule has 0 fully saturated rings. The van der Waals surface area contributed by atoms with Crippen molar-refractivity contribution in [1.82, 2.24) is 10.9 Å². The van der Waals surface area contributed by atoms with Crippen LogP contribution in [-0.2, 0) is 0 Å². The highest BCUT2D eigenvalue weighted by molar-refractivity contribution is 4.76. The average molecular weight is 114 g/mol. The van der Waals surface area contributed by atoms with Crippen LogP contribution >= 0.6 is 0 Å². The summed E-state index contributed by atoms with van der Waals surface area (Å²) in [4.78, 5) is 0. The van der Waals surface area contributed by atoms with E-state index >= 15 is 0 Å². The van der Waals surface area contributed by atoms with Crippen molar-refractivity contribution in [1.29, 1.82) is 0 Å². The molecule has 0 spiro atoms. The lowest BCUT2D eigenvalue weighted by atomic mass is 10.3. The molecule has 0 atom stereocenters. The Morgan fingerprint density at radius 1 is 1.50 bits per heavy atom. The number of unbranched alkanes of at least 4 members (excludes halogenated alkanes) is 1. The van der Waals surface area contributed by atoms with Crippen molar-refractivity contribution in [2.45, 2.75) is 19.8 Å². The van der Waals surface area contributed by atoms with Crippen LogP contribution in [0.4, 0.5) is 0 Å². The van der Waals surface area contributed by atoms with Gasteiger partial charge in [-0.05, 0) is 6.42 Å². The van der Waals surface area contributed by atoms with Crippen LogP contribution in [0.2, 0.25) is 0 Å². The lowest BCUT2D eigenvalue weighted by molar-refractivity contribution is 0.726. The van der Waals surface area contributed by atoms with Crippen molar-refractivity contribution in [3.8, 4) is 0 Å². The van der Waals surface area contributed by atoms with Crippen LogP contribution in [0.3, 0.4) is 0 Å². The Morgan fingerprint density at radius 3 is 2.75 bits per heavy atom. The van der Waals surface area contributed by atoms with Gasteiger partial charge in [-0.15, -0.1) is 0 Å².